The molecule has 0 amide bonds. The number of nitrogens with two attached hydrogens (primary N) is 1. The SMILES string of the molecule is C=CS(=O)(=O)CCN(CC)c1nc(F)nc(Nc2ccc(S(=O)(=O)O)c(N=Nc3c(SOOO)cc4cc(S(=O)(=O)O)c(N=Nc5ccc(S(=O)(=O)CCOS(=O)(=O)O)cc5)c(N)c4c3O)c2)n1. The van der Waals surface area contributed by atoms with Crippen LogP contribution in [0.5, 0.6) is 5.75 Å². The highest BCUT2D eigenvalue weighted by atomic mass is 32.3. The molecule has 0 unspecified atom stereocenters. The van der Waals surface area contributed by atoms with Crippen molar-refractivity contribution in [2.45, 2.75) is 26.5 Å². The van der Waals surface area contributed by atoms with Gasteiger partial charge >= 0.3 is 16.5 Å². The van der Waals surface area contributed by atoms with Crippen molar-refractivity contribution in [3.05, 3.63) is 72.7 Å². The molecule has 0 fully saturated rings. The molecule has 0 saturated heterocycles. The minimum atomic E-state index is -5.22. The standard InChI is InChI=1S/C33H33FN10O18S6/c1-3-44(11-13-64(47,48)4-2)33-38-31(34)37-32(39-33)36-20-7-10-24(66(51,52)53)22(17-20)41-42-28-23(63-62-61-46)15-18-16-25(67(54,55)56)29(27(35)26(18)30(28)45)43-40-19-5-8-21(9-6-19)65(49,50)14-12-60-68(57,58)59/h4-10,15-17,45-46H,2-3,11-14,35H2,1H3,(H,51,52,53)(H,54,55,56)(H,57,58,59)(H,36,37,38,39). The summed E-state index contributed by atoms with van der Waals surface area (Å²) in [6.07, 6.45) is -1.30. The van der Waals surface area contributed by atoms with Crippen LogP contribution in [0.4, 0.5) is 50.4 Å². The van der Waals surface area contributed by atoms with Crippen molar-refractivity contribution in [2.75, 3.05) is 47.2 Å². The highest BCUT2D eigenvalue weighted by Gasteiger charge is 2.27. The van der Waals surface area contributed by atoms with Crippen LogP contribution < -0.4 is 16.0 Å². The number of halogens is 1. The molecule has 5 aromatic rings. The Kier molecular flexibility index (Phi) is 16.5. The minimum absolute atomic E-state index is 0.118. The second-order valence-corrected chi connectivity index (χ2v) is 21.9. The number of benzene rings is 4. The highest BCUT2D eigenvalue weighted by molar-refractivity contribution is 7.95. The Morgan fingerprint density at radius 1 is 0.853 bits per heavy atom. The van der Waals surface area contributed by atoms with Crippen molar-refractivity contribution in [3.63, 3.8) is 0 Å². The topological polar surface area (TPSA) is 429 Å². The Morgan fingerprint density at radius 3 is 2.12 bits per heavy atom. The van der Waals surface area contributed by atoms with Crippen molar-refractivity contribution >= 4 is 119 Å². The molecule has 35 heteroatoms. The lowest BCUT2D eigenvalue weighted by atomic mass is 10.1. The third-order valence-electron chi connectivity index (χ3n) is 8.70. The Morgan fingerprint density at radius 2 is 1.51 bits per heavy atom. The lowest BCUT2D eigenvalue weighted by Crippen LogP contribution is -2.30. The molecule has 0 saturated carbocycles. The molecular weight excluding hydrogens is 1040 g/mol. The molecule has 0 aliphatic heterocycles. The van der Waals surface area contributed by atoms with Crippen LogP contribution in [-0.2, 0) is 63.9 Å². The summed E-state index contributed by atoms with van der Waals surface area (Å²) in [5.74, 6) is -3.00. The number of hydrogen-bond acceptors (Lipinski definition) is 26. The largest absolute Gasteiger partial charge is 0.505 e. The van der Waals surface area contributed by atoms with Gasteiger partial charge in [0.1, 0.15) is 26.9 Å². The van der Waals surface area contributed by atoms with Crippen molar-refractivity contribution in [2.24, 2.45) is 20.5 Å². The molecule has 366 valence electrons. The number of hydrogen-bond donors (Lipinski definition) is 7. The Labute approximate surface area is 388 Å². The number of nitrogen functional groups attached to an aromatic ring is 1. The van der Waals surface area contributed by atoms with Crippen LogP contribution in [0.2, 0.25) is 0 Å². The number of anilines is 4. The van der Waals surface area contributed by atoms with Gasteiger partial charge in [0.25, 0.3) is 20.2 Å². The van der Waals surface area contributed by atoms with Crippen molar-refractivity contribution < 1.29 is 84.1 Å². The number of azo groups is 2. The predicted molar refractivity (Wildman–Crippen MR) is 236 cm³/mol. The molecule has 1 aromatic heterocycles. The minimum Gasteiger partial charge on any atom is -0.505 e. The zero-order valence-electron chi connectivity index (χ0n) is 34.0. The van der Waals surface area contributed by atoms with E-state index in [1.807, 2.05) is 0 Å². The van der Waals surface area contributed by atoms with Crippen molar-refractivity contribution in [3.8, 4) is 5.75 Å². The molecule has 4 aromatic carbocycles. The lowest BCUT2D eigenvalue weighted by Gasteiger charge is -2.20. The number of rotatable bonds is 22. The maximum Gasteiger partial charge on any atom is 0.397 e. The van der Waals surface area contributed by atoms with E-state index in [9.17, 15) is 60.7 Å². The first-order valence-electron chi connectivity index (χ1n) is 18.1. The molecule has 68 heavy (non-hydrogen) atoms. The predicted octanol–water partition coefficient (Wildman–Crippen LogP) is 4.93. The molecule has 8 N–H and O–H groups in total. The molecular formula is C33H33FN10O18S6. The van der Waals surface area contributed by atoms with Gasteiger partial charge in [-0.3, -0.25) is 13.7 Å². The van der Waals surface area contributed by atoms with E-state index in [4.69, 9.17) is 15.5 Å². The Balaban J connectivity index is 1.58. The first-order chi connectivity index (χ1) is 31.7. The zero-order valence-corrected chi connectivity index (χ0v) is 38.9. The number of nitrogens with zero attached hydrogens (tertiary/aromatic N) is 8. The molecule has 28 nitrogen and oxygen atoms in total. The number of phenols is 1. The van der Waals surface area contributed by atoms with E-state index < -0.39 is 124 Å². The van der Waals surface area contributed by atoms with Gasteiger partial charge in [-0.1, -0.05) is 11.6 Å². The quantitative estimate of drug-likeness (QED) is 0.0121. The van der Waals surface area contributed by atoms with E-state index in [1.165, 1.54) is 4.90 Å². The maximum atomic E-state index is 14.6. The summed E-state index contributed by atoms with van der Waals surface area (Å²) < 4.78 is 173. The fourth-order valence-corrected chi connectivity index (χ4v) is 9.50. The number of fused-ring (bicyclic) bond motifs is 1. The number of aromatic hydroxyl groups is 1. The van der Waals surface area contributed by atoms with Gasteiger partial charge in [-0.05, 0) is 66.9 Å². The normalized spacial score (nSPS) is 12.9. The summed E-state index contributed by atoms with van der Waals surface area (Å²) in [5, 5.41) is 42.1. The number of sulfone groups is 2. The summed E-state index contributed by atoms with van der Waals surface area (Å²) >= 11 is 0.129. The van der Waals surface area contributed by atoms with Gasteiger partial charge in [0, 0.05) is 24.2 Å². The van der Waals surface area contributed by atoms with Gasteiger partial charge < -0.3 is 21.1 Å². The van der Waals surface area contributed by atoms with Crippen LogP contribution in [0.15, 0.2) is 107 Å². The van der Waals surface area contributed by atoms with Crippen LogP contribution >= 0.6 is 12.0 Å². The lowest BCUT2D eigenvalue weighted by molar-refractivity contribution is -0.432. The van der Waals surface area contributed by atoms with E-state index in [-0.39, 0.29) is 57.6 Å². The summed E-state index contributed by atoms with van der Waals surface area (Å²) in [7, 11) is -23.1. The smallest absolute Gasteiger partial charge is 0.397 e. The summed E-state index contributed by atoms with van der Waals surface area (Å²) in [4.78, 5) is 9.98. The van der Waals surface area contributed by atoms with Gasteiger partial charge in [0.05, 0.1) is 56.7 Å². The van der Waals surface area contributed by atoms with Crippen LogP contribution in [0.3, 0.4) is 0 Å². The Bertz CT molecular complexity index is 3410. The van der Waals surface area contributed by atoms with Crippen molar-refractivity contribution in [1.29, 1.82) is 0 Å². The molecule has 5 rings (SSSR count). The Hall–Kier alpha value is -5.96. The van der Waals surface area contributed by atoms with E-state index in [0.29, 0.717) is 0 Å². The van der Waals surface area contributed by atoms with Gasteiger partial charge in [0.2, 0.25) is 11.9 Å². The van der Waals surface area contributed by atoms with Crippen LogP contribution in [-0.4, -0.2) is 112 Å². The molecule has 0 radical (unpaired) electrons. The van der Waals surface area contributed by atoms with Crippen LogP contribution in [0.25, 0.3) is 10.8 Å². The average molecular weight is 1070 g/mol. The van der Waals surface area contributed by atoms with Gasteiger partial charge in [-0.2, -0.15) is 49.7 Å². The summed E-state index contributed by atoms with van der Waals surface area (Å²) in [5.41, 5.74) is 3.25. The molecule has 0 bridgehead atoms. The fourth-order valence-electron chi connectivity index (χ4n) is 5.60. The second-order valence-electron chi connectivity index (χ2n) is 13.1. The monoisotopic (exact) mass is 1070 g/mol. The maximum absolute atomic E-state index is 14.6. The molecule has 0 aliphatic rings. The first kappa shape index (κ1) is 53.0. The van der Waals surface area contributed by atoms with Gasteiger partial charge in [-0.25, -0.2) is 26.3 Å². The van der Waals surface area contributed by atoms with Gasteiger partial charge in [0.15, 0.2) is 25.4 Å². The summed E-state index contributed by atoms with van der Waals surface area (Å²) in [6, 6.07) is 8.85. The number of phenolic OH excluding ortho intramolecular Hbond substituents is 1. The summed E-state index contributed by atoms with van der Waals surface area (Å²) in [6.45, 7) is 3.88. The third kappa shape index (κ3) is 13.6. The fraction of sp³-hybridized carbons (Fsp3) is 0.182. The van der Waals surface area contributed by atoms with E-state index in [2.05, 4.69) is 60.9 Å². The molecule has 0 aliphatic carbocycles. The van der Waals surface area contributed by atoms with E-state index >= 15 is 0 Å². The van der Waals surface area contributed by atoms with Crippen LogP contribution in [0, 0.1) is 6.08 Å². The average Bonchev–Trinajstić information content (AvgIpc) is 3.23. The highest BCUT2D eigenvalue weighted by Crippen LogP contribution is 2.50. The zero-order chi connectivity index (χ0) is 50.4. The first-order valence-corrected chi connectivity index (χ1v) is 26.4. The van der Waals surface area contributed by atoms with Crippen molar-refractivity contribution in [1.82, 2.24) is 15.0 Å². The van der Waals surface area contributed by atoms with Crippen LogP contribution in [0.1, 0.15) is 6.92 Å². The molecule has 0 atom stereocenters. The van der Waals surface area contributed by atoms with Gasteiger partial charge in [-0.15, -0.1) is 19.7 Å². The third-order valence-corrected chi connectivity index (χ3v) is 14.5. The van der Waals surface area contributed by atoms with E-state index in [1.54, 1.807) is 6.92 Å². The molecule has 1 heterocycles. The number of nitrogens with one attached hydrogen (secondary N) is 1. The second kappa shape index (κ2) is 21.1. The van der Waals surface area contributed by atoms with E-state index in [0.717, 1.165) is 60.0 Å². The molecule has 0 spiro atoms. The number of aromatic nitrogens is 3.